The van der Waals surface area contributed by atoms with E-state index in [2.05, 4.69) is 32.4 Å². The van der Waals surface area contributed by atoms with Crippen molar-refractivity contribution in [2.75, 3.05) is 58.3 Å². The van der Waals surface area contributed by atoms with E-state index in [4.69, 9.17) is 14.7 Å². The highest BCUT2D eigenvalue weighted by molar-refractivity contribution is 5.96. The van der Waals surface area contributed by atoms with E-state index < -0.39 is 18.2 Å². The molecule has 4 aromatic rings. The maximum absolute atomic E-state index is 15.0. The molecule has 0 radical (unpaired) electrons. The smallest absolute Gasteiger partial charge is 0.254 e. The summed E-state index contributed by atoms with van der Waals surface area (Å²) in [4.78, 5) is 26.6. The molecule has 0 spiro atoms. The van der Waals surface area contributed by atoms with Gasteiger partial charge in [0.1, 0.15) is 6.07 Å². The number of carbonyl (C=O) groups is 1. The number of aromatic nitrogens is 3. The first-order chi connectivity index (χ1) is 22.2. The van der Waals surface area contributed by atoms with Crippen molar-refractivity contribution in [3.8, 4) is 23.1 Å². The van der Waals surface area contributed by atoms with Crippen molar-refractivity contribution in [2.45, 2.75) is 31.9 Å². The maximum Gasteiger partial charge on any atom is 0.254 e. The van der Waals surface area contributed by atoms with Gasteiger partial charge in [0.2, 0.25) is 5.82 Å². The number of hydrogen-bond acceptors (Lipinski definition) is 9. The van der Waals surface area contributed by atoms with E-state index in [1.165, 1.54) is 24.5 Å². The molecule has 6 rings (SSSR count). The topological polar surface area (TPSA) is 120 Å². The quantitative estimate of drug-likeness (QED) is 0.281. The Kier molecular flexibility index (Phi) is 8.86. The summed E-state index contributed by atoms with van der Waals surface area (Å²) in [5.74, 6) is -2.22. The Morgan fingerprint density at radius 3 is 2.70 bits per heavy atom. The van der Waals surface area contributed by atoms with Crippen molar-refractivity contribution in [3.63, 3.8) is 0 Å². The van der Waals surface area contributed by atoms with Gasteiger partial charge in [-0.3, -0.25) is 14.1 Å². The molecule has 2 fully saturated rings. The second kappa shape index (κ2) is 13.0. The summed E-state index contributed by atoms with van der Waals surface area (Å²) in [5.41, 5.74) is 2.74. The van der Waals surface area contributed by atoms with Crippen LogP contribution < -0.4 is 15.4 Å². The molecule has 2 N–H and O–H groups in total. The van der Waals surface area contributed by atoms with Gasteiger partial charge in [-0.1, -0.05) is 0 Å². The lowest BCUT2D eigenvalue weighted by Gasteiger charge is -2.36. The van der Waals surface area contributed by atoms with Crippen LogP contribution in [0.25, 0.3) is 16.9 Å². The van der Waals surface area contributed by atoms with Gasteiger partial charge in [0.15, 0.2) is 29.6 Å². The zero-order valence-electron chi connectivity index (χ0n) is 26.0. The van der Waals surface area contributed by atoms with Crippen molar-refractivity contribution >= 4 is 23.1 Å². The van der Waals surface area contributed by atoms with Crippen LogP contribution in [0.15, 0.2) is 48.9 Å². The largest absolute Gasteiger partial charge is 0.476 e. The highest BCUT2D eigenvalue weighted by atomic mass is 19.2. The minimum atomic E-state index is -1.18. The molecular formula is C33H36F2N8O3. The third kappa shape index (κ3) is 6.24. The summed E-state index contributed by atoms with van der Waals surface area (Å²) in [7, 11) is 1.76. The van der Waals surface area contributed by atoms with Crippen molar-refractivity contribution in [3.05, 3.63) is 71.7 Å². The zero-order valence-corrected chi connectivity index (χ0v) is 26.0. The van der Waals surface area contributed by atoms with Crippen molar-refractivity contribution < 1.29 is 23.0 Å². The van der Waals surface area contributed by atoms with Crippen molar-refractivity contribution in [1.29, 1.82) is 5.26 Å². The number of amides is 1. The molecule has 2 aliphatic rings. The van der Waals surface area contributed by atoms with Crippen LogP contribution in [0.1, 0.15) is 29.3 Å². The number of carbonyl (C=O) groups excluding carboxylic acids is 1. The number of nitrogens with one attached hydrogen (secondary N) is 2. The second-order valence-electron chi connectivity index (χ2n) is 12.0. The van der Waals surface area contributed by atoms with Crippen LogP contribution in [0, 0.1) is 29.9 Å². The van der Waals surface area contributed by atoms with Crippen LogP contribution in [0.4, 0.5) is 20.3 Å². The fourth-order valence-corrected chi connectivity index (χ4v) is 6.20. The Bertz CT molecular complexity index is 1800. The lowest BCUT2D eigenvalue weighted by molar-refractivity contribution is 0.0205. The Morgan fingerprint density at radius 1 is 1.17 bits per heavy atom. The first kappa shape index (κ1) is 31.3. The summed E-state index contributed by atoms with van der Waals surface area (Å²) in [6, 6.07) is 10.3. The molecule has 0 unspecified atom stereocenters. The van der Waals surface area contributed by atoms with Gasteiger partial charge in [0, 0.05) is 81.6 Å². The fourth-order valence-electron chi connectivity index (χ4n) is 6.20. The van der Waals surface area contributed by atoms with Gasteiger partial charge < -0.3 is 25.0 Å². The molecule has 2 aliphatic heterocycles. The number of nitrogens with zero attached hydrogens (tertiary/aromatic N) is 6. The molecule has 1 amide bonds. The average molecular weight is 631 g/mol. The third-order valence-electron chi connectivity index (χ3n) is 8.84. The second-order valence-corrected chi connectivity index (χ2v) is 12.0. The number of fused-ring (bicyclic) bond motifs is 1. The number of benzene rings is 2. The van der Waals surface area contributed by atoms with Crippen LogP contribution in [0.3, 0.4) is 0 Å². The molecule has 11 nitrogen and oxygen atoms in total. The normalized spacial score (nSPS) is 20.2. The number of piperazine rings is 1. The molecule has 13 heteroatoms. The first-order valence-electron chi connectivity index (χ1n) is 15.2. The van der Waals surface area contributed by atoms with Gasteiger partial charge in [-0.25, -0.2) is 14.4 Å². The van der Waals surface area contributed by atoms with E-state index in [1.54, 1.807) is 23.8 Å². The van der Waals surface area contributed by atoms with E-state index in [9.17, 15) is 13.6 Å². The highest BCUT2D eigenvalue weighted by Crippen LogP contribution is 2.32. The third-order valence-corrected chi connectivity index (χ3v) is 8.84. The predicted molar refractivity (Wildman–Crippen MR) is 168 cm³/mol. The number of methoxy groups -OCH3 is 1. The standard InChI is InChI=1S/C33H36F2N8O3/c1-21-16-22(4-5-24(21)32(44)42-13-11-41(12-14-42)19-23-17-33(2,45-3)20-39-23)40-30-31-38-18-26(43(31)10-9-37-30)25-6-7-27(46-15-8-36)29(35)28(25)34/h4-7,9-10,16,18,23,39H,11-15,17,19-20H2,1-3H3,(H,37,40)/t23-,33+/m0/s1. The lowest BCUT2D eigenvalue weighted by atomic mass is 10.0. The van der Waals surface area contributed by atoms with Crippen LogP contribution >= 0.6 is 0 Å². The minimum Gasteiger partial charge on any atom is -0.476 e. The molecule has 240 valence electrons. The summed E-state index contributed by atoms with van der Waals surface area (Å²) in [6.45, 7) is 8.41. The number of ether oxygens (including phenoxy) is 2. The highest BCUT2D eigenvalue weighted by Gasteiger charge is 2.36. The number of aryl methyl sites for hydroxylation is 1. The molecule has 2 atom stereocenters. The lowest BCUT2D eigenvalue weighted by Crippen LogP contribution is -2.51. The van der Waals surface area contributed by atoms with Gasteiger partial charge in [-0.15, -0.1) is 0 Å². The number of rotatable bonds is 9. The van der Waals surface area contributed by atoms with E-state index in [0.717, 1.165) is 38.2 Å². The van der Waals surface area contributed by atoms with Gasteiger partial charge >= 0.3 is 0 Å². The Labute approximate surface area is 265 Å². The van der Waals surface area contributed by atoms with E-state index in [0.29, 0.717) is 47.5 Å². The van der Waals surface area contributed by atoms with Crippen molar-refractivity contribution in [2.24, 2.45) is 0 Å². The van der Waals surface area contributed by atoms with Gasteiger partial charge in [-0.05, 0) is 56.2 Å². The van der Waals surface area contributed by atoms with E-state index in [-0.39, 0.29) is 22.8 Å². The molecule has 4 heterocycles. The van der Waals surface area contributed by atoms with E-state index in [1.807, 2.05) is 30.0 Å². The Hall–Kier alpha value is -4.64. The summed E-state index contributed by atoms with van der Waals surface area (Å²) < 4.78 is 41.8. The molecular weight excluding hydrogens is 594 g/mol. The maximum atomic E-state index is 15.0. The van der Waals surface area contributed by atoms with Crippen LogP contribution in [-0.4, -0.2) is 94.7 Å². The van der Waals surface area contributed by atoms with Crippen LogP contribution in [0.2, 0.25) is 0 Å². The Balaban J connectivity index is 1.12. The first-order valence-corrected chi connectivity index (χ1v) is 15.2. The number of anilines is 2. The Morgan fingerprint density at radius 2 is 1.98 bits per heavy atom. The summed E-state index contributed by atoms with van der Waals surface area (Å²) in [5, 5.41) is 15.5. The number of imidazole rings is 1. The summed E-state index contributed by atoms with van der Waals surface area (Å²) >= 11 is 0. The van der Waals surface area contributed by atoms with Gasteiger partial charge in [-0.2, -0.15) is 9.65 Å². The van der Waals surface area contributed by atoms with Gasteiger partial charge in [0.05, 0.1) is 17.5 Å². The number of hydrogen-bond donors (Lipinski definition) is 2. The molecule has 0 aliphatic carbocycles. The van der Waals surface area contributed by atoms with Gasteiger partial charge in [0.25, 0.3) is 5.91 Å². The van der Waals surface area contributed by atoms with Crippen LogP contribution in [0.5, 0.6) is 5.75 Å². The molecule has 0 saturated carbocycles. The molecule has 2 aromatic carbocycles. The predicted octanol–water partition coefficient (Wildman–Crippen LogP) is 4.15. The average Bonchev–Trinajstić information content (AvgIpc) is 3.66. The molecule has 0 bridgehead atoms. The number of halogens is 2. The molecule has 2 aromatic heterocycles. The minimum absolute atomic E-state index is 0.00563. The monoisotopic (exact) mass is 630 g/mol. The van der Waals surface area contributed by atoms with Crippen LogP contribution in [-0.2, 0) is 4.74 Å². The summed E-state index contributed by atoms with van der Waals surface area (Å²) in [6.07, 6.45) is 5.54. The number of nitriles is 1. The SMILES string of the molecule is CO[C@@]1(C)CN[C@H](CN2CCN(C(=O)c3ccc(Nc4nccn5c(-c6ccc(OCC#N)c(F)c6F)cnc45)cc3C)CC2)C1. The van der Waals surface area contributed by atoms with E-state index >= 15 is 0 Å². The molecule has 46 heavy (non-hydrogen) atoms. The van der Waals surface area contributed by atoms with Crippen molar-refractivity contribution in [1.82, 2.24) is 29.5 Å². The molecule has 2 saturated heterocycles. The zero-order chi connectivity index (χ0) is 32.4. The fraction of sp³-hybridized carbons (Fsp3) is 0.394.